The molecule has 0 radical (unpaired) electrons. The molecule has 1 aromatic carbocycles. The van der Waals surface area contributed by atoms with Crippen molar-refractivity contribution in [3.8, 4) is 0 Å². The number of rotatable bonds is 4. The van der Waals surface area contributed by atoms with Crippen molar-refractivity contribution in [3.63, 3.8) is 0 Å². The van der Waals surface area contributed by atoms with Gasteiger partial charge < -0.3 is 10.0 Å². The number of thiophene rings is 1. The molecule has 0 fully saturated rings. The van der Waals surface area contributed by atoms with Crippen LogP contribution in [-0.4, -0.2) is 32.3 Å². The zero-order valence-corrected chi connectivity index (χ0v) is 17.5. The smallest absolute Gasteiger partial charge is 0.150 e. The quantitative estimate of drug-likeness (QED) is 0.562. The third-order valence-corrected chi connectivity index (χ3v) is 6.14. The van der Waals surface area contributed by atoms with E-state index < -0.39 is 5.60 Å². The van der Waals surface area contributed by atoms with Crippen molar-refractivity contribution in [2.45, 2.75) is 39.8 Å². The Balaban J connectivity index is 1.71. The van der Waals surface area contributed by atoms with E-state index in [4.69, 9.17) is 0 Å². The highest BCUT2D eigenvalue weighted by atomic mass is 32.1. The van der Waals surface area contributed by atoms with E-state index in [2.05, 4.69) is 32.0 Å². The minimum absolute atomic E-state index is 0.705. The van der Waals surface area contributed by atoms with Gasteiger partial charge in [0, 0.05) is 19.0 Å². The molecular formula is C21H23N5OS. The van der Waals surface area contributed by atoms with Crippen LogP contribution < -0.4 is 4.90 Å². The van der Waals surface area contributed by atoms with Gasteiger partial charge in [0.2, 0.25) is 0 Å². The molecule has 0 bridgehead atoms. The molecule has 1 N–H and O–H groups in total. The van der Waals surface area contributed by atoms with Crippen LogP contribution in [0.1, 0.15) is 36.2 Å². The molecule has 4 rings (SSSR count). The molecule has 0 saturated carbocycles. The molecule has 144 valence electrons. The summed E-state index contributed by atoms with van der Waals surface area (Å²) in [6, 6.07) is 8.04. The molecule has 0 unspecified atom stereocenters. The van der Waals surface area contributed by atoms with Crippen molar-refractivity contribution in [1.82, 2.24) is 20.2 Å². The van der Waals surface area contributed by atoms with E-state index in [0.29, 0.717) is 6.54 Å². The fraction of sp³-hybridized carbons (Fsp3) is 0.333. The van der Waals surface area contributed by atoms with E-state index in [1.807, 2.05) is 38.2 Å². The van der Waals surface area contributed by atoms with Crippen molar-refractivity contribution in [2.75, 3.05) is 11.9 Å². The van der Waals surface area contributed by atoms with Crippen LogP contribution in [0.5, 0.6) is 0 Å². The zero-order chi connectivity index (χ0) is 20.1. The lowest BCUT2D eigenvalue weighted by molar-refractivity contribution is 0.0786. The van der Waals surface area contributed by atoms with Crippen LogP contribution in [0.2, 0.25) is 0 Å². The van der Waals surface area contributed by atoms with Crippen LogP contribution in [0.4, 0.5) is 5.82 Å². The van der Waals surface area contributed by atoms with Gasteiger partial charge in [-0.25, -0.2) is 9.97 Å². The number of hydrogen-bond acceptors (Lipinski definition) is 7. The monoisotopic (exact) mass is 393 g/mol. The van der Waals surface area contributed by atoms with Crippen molar-refractivity contribution >= 4 is 37.6 Å². The maximum absolute atomic E-state index is 10.1. The van der Waals surface area contributed by atoms with Crippen molar-refractivity contribution < 1.29 is 5.11 Å². The van der Waals surface area contributed by atoms with Crippen LogP contribution in [-0.2, 0) is 12.1 Å². The summed E-state index contributed by atoms with van der Waals surface area (Å²) in [7, 11) is 2.03. The van der Waals surface area contributed by atoms with Crippen LogP contribution >= 0.6 is 11.3 Å². The number of aliphatic hydroxyl groups is 1. The highest BCUT2D eigenvalue weighted by Crippen LogP contribution is 2.37. The normalized spacial score (nSPS) is 12.1. The van der Waals surface area contributed by atoms with Gasteiger partial charge in [-0.1, -0.05) is 24.3 Å². The maximum atomic E-state index is 10.1. The zero-order valence-electron chi connectivity index (χ0n) is 16.7. The fourth-order valence-electron chi connectivity index (χ4n) is 3.31. The van der Waals surface area contributed by atoms with E-state index >= 15 is 0 Å². The largest absolute Gasteiger partial charge is 0.386 e. The van der Waals surface area contributed by atoms with Gasteiger partial charge in [0.1, 0.15) is 17.0 Å². The van der Waals surface area contributed by atoms with Gasteiger partial charge in [-0.15, -0.1) is 16.4 Å². The van der Waals surface area contributed by atoms with Crippen molar-refractivity contribution in [1.29, 1.82) is 0 Å². The predicted molar refractivity (Wildman–Crippen MR) is 114 cm³/mol. The van der Waals surface area contributed by atoms with Crippen LogP contribution in [0, 0.1) is 13.8 Å². The summed E-state index contributed by atoms with van der Waals surface area (Å²) in [5.41, 5.74) is 4.19. The van der Waals surface area contributed by atoms with Gasteiger partial charge in [0.25, 0.3) is 0 Å². The first-order valence-electron chi connectivity index (χ1n) is 9.15. The summed E-state index contributed by atoms with van der Waals surface area (Å²) >= 11 is 1.58. The van der Waals surface area contributed by atoms with Gasteiger partial charge in [0.05, 0.1) is 21.5 Å². The van der Waals surface area contributed by atoms with Gasteiger partial charge in [-0.3, -0.25) is 0 Å². The Kier molecular flexibility index (Phi) is 4.51. The summed E-state index contributed by atoms with van der Waals surface area (Å²) in [5, 5.41) is 19.8. The maximum Gasteiger partial charge on any atom is 0.150 e. The molecule has 0 aliphatic heterocycles. The standard InChI is InChI=1S/C21H23N5OS/c1-12-13(2)24-25-20-16(12)17-18(28-20)19(23-11-22-17)26(5)10-14-6-8-15(9-7-14)21(3,4)27/h6-9,11,27H,10H2,1-5H3. The van der Waals surface area contributed by atoms with Crippen LogP contribution in [0.15, 0.2) is 30.6 Å². The minimum atomic E-state index is -0.836. The highest BCUT2D eigenvalue weighted by molar-refractivity contribution is 7.26. The number of anilines is 1. The number of nitrogens with zero attached hydrogens (tertiary/aromatic N) is 5. The molecule has 0 amide bonds. The highest BCUT2D eigenvalue weighted by Gasteiger charge is 2.19. The van der Waals surface area contributed by atoms with Crippen molar-refractivity contribution in [2.24, 2.45) is 0 Å². The molecule has 0 aliphatic carbocycles. The van der Waals surface area contributed by atoms with Crippen molar-refractivity contribution in [3.05, 3.63) is 53.0 Å². The number of aromatic nitrogens is 4. The summed E-state index contributed by atoms with van der Waals surface area (Å²) in [6.07, 6.45) is 1.62. The Hall–Kier alpha value is -2.64. The Morgan fingerprint density at radius 2 is 1.79 bits per heavy atom. The molecule has 7 heteroatoms. The Labute approximate surface area is 167 Å². The van der Waals surface area contributed by atoms with E-state index in [1.54, 1.807) is 31.5 Å². The first kappa shape index (κ1) is 18.7. The summed E-state index contributed by atoms with van der Waals surface area (Å²) in [4.78, 5) is 12.1. The number of aryl methyl sites for hydroxylation is 2. The first-order valence-corrected chi connectivity index (χ1v) is 9.97. The lowest BCUT2D eigenvalue weighted by Crippen LogP contribution is -2.19. The molecule has 3 aromatic heterocycles. The van der Waals surface area contributed by atoms with E-state index in [1.165, 1.54) is 0 Å². The Morgan fingerprint density at radius 1 is 1.07 bits per heavy atom. The minimum Gasteiger partial charge on any atom is -0.386 e. The third-order valence-electron chi connectivity index (χ3n) is 5.08. The van der Waals surface area contributed by atoms with E-state index in [9.17, 15) is 5.11 Å². The van der Waals surface area contributed by atoms with Gasteiger partial charge >= 0.3 is 0 Å². The van der Waals surface area contributed by atoms with Gasteiger partial charge in [-0.05, 0) is 44.4 Å². The Morgan fingerprint density at radius 3 is 2.46 bits per heavy atom. The fourth-order valence-corrected chi connectivity index (χ4v) is 4.49. The summed E-state index contributed by atoms with van der Waals surface area (Å²) in [6.45, 7) is 8.32. The molecule has 28 heavy (non-hydrogen) atoms. The molecule has 0 atom stereocenters. The van der Waals surface area contributed by atoms with E-state index in [0.717, 1.165) is 48.6 Å². The van der Waals surface area contributed by atoms with Crippen LogP contribution in [0.3, 0.4) is 0 Å². The van der Waals surface area contributed by atoms with E-state index in [-0.39, 0.29) is 0 Å². The summed E-state index contributed by atoms with van der Waals surface area (Å²) < 4.78 is 1.02. The average Bonchev–Trinajstić information content (AvgIpc) is 3.03. The number of benzene rings is 1. The molecular weight excluding hydrogens is 370 g/mol. The first-order chi connectivity index (χ1) is 13.3. The molecule has 0 spiro atoms. The predicted octanol–water partition coefficient (Wildman–Crippen LogP) is 4.12. The second kappa shape index (κ2) is 6.76. The van der Waals surface area contributed by atoms with Gasteiger partial charge in [-0.2, -0.15) is 5.10 Å². The lowest BCUT2D eigenvalue weighted by atomic mass is 9.97. The molecule has 0 aliphatic rings. The lowest BCUT2D eigenvalue weighted by Gasteiger charge is -2.21. The number of fused-ring (bicyclic) bond motifs is 3. The third kappa shape index (κ3) is 3.21. The molecule has 3 heterocycles. The SMILES string of the molecule is Cc1nnc2sc3c(N(C)Cc4ccc(C(C)(C)O)cc4)ncnc3c2c1C. The Bertz CT molecular complexity index is 1160. The second-order valence-electron chi connectivity index (χ2n) is 7.68. The van der Waals surface area contributed by atoms with Gasteiger partial charge in [0.15, 0.2) is 0 Å². The van der Waals surface area contributed by atoms with Crippen LogP contribution in [0.25, 0.3) is 20.4 Å². The average molecular weight is 394 g/mol. The molecule has 4 aromatic rings. The molecule has 0 saturated heterocycles. The summed E-state index contributed by atoms with van der Waals surface area (Å²) in [5.74, 6) is 0.886. The second-order valence-corrected chi connectivity index (χ2v) is 8.68. The molecule has 6 nitrogen and oxygen atoms in total. The topological polar surface area (TPSA) is 75.0 Å². The number of hydrogen-bond donors (Lipinski definition) is 1.